The topological polar surface area (TPSA) is 72.2 Å². The highest BCUT2D eigenvalue weighted by Crippen LogP contribution is 2.15. The predicted octanol–water partition coefficient (Wildman–Crippen LogP) is 0.286. The van der Waals surface area contributed by atoms with Crippen LogP contribution in [0, 0.1) is 12.7 Å². The molecule has 13 heavy (non-hydrogen) atoms. The van der Waals surface area contributed by atoms with Crippen molar-refractivity contribution in [3.63, 3.8) is 0 Å². The molecule has 0 unspecified atom stereocenters. The SMILES string of the molecule is Cc1ccc(F)cc1S(=O)(=O)NN. The Kier molecular flexibility index (Phi) is 2.65. The fourth-order valence-electron chi connectivity index (χ4n) is 0.927. The maximum absolute atomic E-state index is 12.7. The fraction of sp³-hybridized carbons (Fsp3) is 0.143. The zero-order valence-corrected chi connectivity index (χ0v) is 7.73. The molecule has 0 saturated carbocycles. The lowest BCUT2D eigenvalue weighted by molar-refractivity contribution is 0.579. The van der Waals surface area contributed by atoms with Crippen molar-refractivity contribution in [2.24, 2.45) is 5.84 Å². The largest absolute Gasteiger partial charge is 0.257 e. The van der Waals surface area contributed by atoms with Crippen molar-refractivity contribution < 1.29 is 12.8 Å². The summed E-state index contributed by atoms with van der Waals surface area (Å²) in [6.07, 6.45) is 0. The van der Waals surface area contributed by atoms with Crippen molar-refractivity contribution in [3.8, 4) is 0 Å². The summed E-state index contributed by atoms with van der Waals surface area (Å²) in [5.74, 6) is 4.19. The van der Waals surface area contributed by atoms with E-state index in [1.54, 1.807) is 11.8 Å². The molecule has 4 nitrogen and oxygen atoms in total. The molecule has 0 radical (unpaired) electrons. The van der Waals surface area contributed by atoms with Crippen LogP contribution in [0.3, 0.4) is 0 Å². The number of benzene rings is 1. The smallest absolute Gasteiger partial charge is 0.253 e. The molecule has 0 aliphatic heterocycles. The van der Waals surface area contributed by atoms with Gasteiger partial charge in [-0.15, -0.1) is 0 Å². The Morgan fingerprint density at radius 1 is 1.46 bits per heavy atom. The van der Waals surface area contributed by atoms with Gasteiger partial charge in [0.1, 0.15) is 5.82 Å². The summed E-state index contributed by atoms with van der Waals surface area (Å²) in [4.78, 5) is 1.49. The normalized spacial score (nSPS) is 11.6. The van der Waals surface area contributed by atoms with Crippen LogP contribution in [0.4, 0.5) is 4.39 Å². The molecule has 72 valence electrons. The van der Waals surface area contributed by atoms with Crippen LogP contribution in [-0.2, 0) is 10.0 Å². The number of sulfonamides is 1. The third kappa shape index (κ3) is 2.03. The van der Waals surface area contributed by atoms with E-state index in [0.29, 0.717) is 5.56 Å². The maximum Gasteiger partial charge on any atom is 0.253 e. The van der Waals surface area contributed by atoms with E-state index in [1.165, 1.54) is 12.1 Å². The molecule has 0 aromatic heterocycles. The van der Waals surface area contributed by atoms with E-state index in [-0.39, 0.29) is 4.90 Å². The molecule has 1 aromatic carbocycles. The molecule has 0 saturated heterocycles. The first-order valence-electron chi connectivity index (χ1n) is 3.46. The zero-order valence-electron chi connectivity index (χ0n) is 6.91. The summed E-state index contributed by atoms with van der Waals surface area (Å²) in [5.41, 5.74) is 0.444. The minimum Gasteiger partial charge on any atom is -0.257 e. The van der Waals surface area contributed by atoms with Crippen LogP contribution < -0.4 is 10.7 Å². The summed E-state index contributed by atoms with van der Waals surface area (Å²) in [5, 5.41) is 0. The van der Waals surface area contributed by atoms with Crippen LogP contribution in [0.15, 0.2) is 23.1 Å². The van der Waals surface area contributed by atoms with Gasteiger partial charge in [0.15, 0.2) is 0 Å². The summed E-state index contributed by atoms with van der Waals surface area (Å²) in [6.45, 7) is 1.56. The number of hydrazine groups is 1. The minimum atomic E-state index is -3.76. The van der Waals surface area contributed by atoms with E-state index in [4.69, 9.17) is 5.84 Å². The number of rotatable bonds is 2. The number of halogens is 1. The minimum absolute atomic E-state index is 0.144. The molecular formula is C7H9FN2O2S. The summed E-state index contributed by atoms with van der Waals surface area (Å²) >= 11 is 0. The molecule has 0 spiro atoms. The van der Waals surface area contributed by atoms with Crippen molar-refractivity contribution in [1.29, 1.82) is 0 Å². The highest BCUT2D eigenvalue weighted by Gasteiger charge is 2.15. The molecule has 0 amide bonds. The van der Waals surface area contributed by atoms with Gasteiger partial charge in [0.05, 0.1) is 4.90 Å². The molecule has 0 heterocycles. The van der Waals surface area contributed by atoms with Gasteiger partial charge in [0.2, 0.25) is 0 Å². The van der Waals surface area contributed by atoms with E-state index < -0.39 is 15.8 Å². The van der Waals surface area contributed by atoms with E-state index >= 15 is 0 Å². The molecule has 6 heteroatoms. The van der Waals surface area contributed by atoms with Gasteiger partial charge < -0.3 is 0 Å². The second-order valence-corrected chi connectivity index (χ2v) is 4.21. The average molecular weight is 204 g/mol. The summed E-state index contributed by atoms with van der Waals surface area (Å²) in [6, 6.07) is 3.48. The second kappa shape index (κ2) is 3.41. The molecular weight excluding hydrogens is 195 g/mol. The lowest BCUT2D eigenvalue weighted by Gasteiger charge is -2.05. The number of hydrogen-bond donors (Lipinski definition) is 2. The Morgan fingerprint density at radius 3 is 2.62 bits per heavy atom. The van der Waals surface area contributed by atoms with Crippen molar-refractivity contribution in [2.75, 3.05) is 0 Å². The first-order valence-corrected chi connectivity index (χ1v) is 4.94. The lowest BCUT2D eigenvalue weighted by atomic mass is 10.2. The quantitative estimate of drug-likeness (QED) is 0.537. The molecule has 0 fully saturated rings. The van der Waals surface area contributed by atoms with Gasteiger partial charge in [0, 0.05) is 0 Å². The Bertz CT molecular complexity index is 417. The summed E-state index contributed by atoms with van der Waals surface area (Å²) < 4.78 is 35.0. The van der Waals surface area contributed by atoms with Crippen molar-refractivity contribution in [3.05, 3.63) is 29.6 Å². The molecule has 1 aromatic rings. The predicted molar refractivity (Wildman–Crippen MR) is 45.6 cm³/mol. The number of nitrogens with one attached hydrogen (secondary N) is 1. The molecule has 0 aliphatic carbocycles. The van der Waals surface area contributed by atoms with E-state index in [1.807, 2.05) is 0 Å². The van der Waals surface area contributed by atoms with Crippen LogP contribution in [0.2, 0.25) is 0 Å². The second-order valence-electron chi connectivity index (χ2n) is 2.53. The molecule has 3 N–H and O–H groups in total. The standard InChI is InChI=1S/C7H9FN2O2S/c1-5-2-3-6(8)4-7(5)13(11,12)10-9/h2-4,10H,9H2,1H3. The molecule has 0 atom stereocenters. The zero-order chi connectivity index (χ0) is 10.1. The monoisotopic (exact) mass is 204 g/mol. The van der Waals surface area contributed by atoms with E-state index in [2.05, 4.69) is 0 Å². The first kappa shape index (κ1) is 10.1. The van der Waals surface area contributed by atoms with Gasteiger partial charge in [0.25, 0.3) is 10.0 Å². The van der Waals surface area contributed by atoms with Gasteiger partial charge in [-0.05, 0) is 24.6 Å². The lowest BCUT2D eigenvalue weighted by Crippen LogP contribution is -2.30. The van der Waals surface area contributed by atoms with Crippen molar-refractivity contribution >= 4 is 10.0 Å². The Labute approximate surface area is 75.6 Å². The molecule has 0 bridgehead atoms. The van der Waals surface area contributed by atoms with Gasteiger partial charge in [-0.25, -0.2) is 12.8 Å². The van der Waals surface area contributed by atoms with Crippen LogP contribution >= 0.6 is 0 Å². The highest BCUT2D eigenvalue weighted by atomic mass is 32.2. The summed E-state index contributed by atoms with van der Waals surface area (Å²) in [7, 11) is -3.76. The number of nitrogens with two attached hydrogens (primary N) is 1. The van der Waals surface area contributed by atoms with Crippen LogP contribution in [-0.4, -0.2) is 8.42 Å². The van der Waals surface area contributed by atoms with Gasteiger partial charge in [-0.1, -0.05) is 6.07 Å². The van der Waals surface area contributed by atoms with Crippen LogP contribution in [0.25, 0.3) is 0 Å². The van der Waals surface area contributed by atoms with Crippen molar-refractivity contribution in [1.82, 2.24) is 4.83 Å². The maximum atomic E-state index is 12.7. The highest BCUT2D eigenvalue weighted by molar-refractivity contribution is 7.89. The first-order chi connectivity index (χ1) is 5.97. The van der Waals surface area contributed by atoms with Gasteiger partial charge in [-0.3, -0.25) is 5.84 Å². The van der Waals surface area contributed by atoms with E-state index in [0.717, 1.165) is 6.07 Å². The third-order valence-corrected chi connectivity index (χ3v) is 2.92. The van der Waals surface area contributed by atoms with Gasteiger partial charge >= 0.3 is 0 Å². The number of aryl methyl sites for hydroxylation is 1. The van der Waals surface area contributed by atoms with E-state index in [9.17, 15) is 12.8 Å². The van der Waals surface area contributed by atoms with Crippen molar-refractivity contribution in [2.45, 2.75) is 11.8 Å². The molecule has 0 aliphatic rings. The number of hydrogen-bond acceptors (Lipinski definition) is 3. The van der Waals surface area contributed by atoms with Crippen LogP contribution in [0.1, 0.15) is 5.56 Å². The molecule has 1 rings (SSSR count). The van der Waals surface area contributed by atoms with Gasteiger partial charge in [-0.2, -0.15) is 4.83 Å². The average Bonchev–Trinajstić information content (AvgIpc) is 2.09. The third-order valence-electron chi connectivity index (χ3n) is 1.59. The fourth-order valence-corrected chi connectivity index (χ4v) is 1.81. The van der Waals surface area contributed by atoms with Crippen LogP contribution in [0.5, 0.6) is 0 Å². The Morgan fingerprint density at radius 2 is 2.08 bits per heavy atom. The Balaban J connectivity index is 3.38. The Hall–Kier alpha value is -0.980.